The smallest absolute Gasteiger partial charge is 0.161 e. The molecule has 0 bridgehead atoms. The van der Waals surface area contributed by atoms with E-state index in [1.165, 1.54) is 31.2 Å². The molecule has 20 heavy (non-hydrogen) atoms. The molecule has 2 rings (SSSR count). The zero-order valence-electron chi connectivity index (χ0n) is 11.4. The van der Waals surface area contributed by atoms with Crippen LogP contribution in [-0.2, 0) is 6.54 Å². The highest BCUT2D eigenvalue weighted by molar-refractivity contribution is 5.99. The lowest BCUT2D eigenvalue weighted by atomic mass is 10.1. The first-order valence-corrected chi connectivity index (χ1v) is 6.24. The molecule has 0 saturated carbocycles. The second-order valence-corrected chi connectivity index (χ2v) is 4.67. The lowest BCUT2D eigenvalue weighted by Gasteiger charge is -2.22. The van der Waals surface area contributed by atoms with Crippen LogP contribution in [0.4, 0.5) is 14.5 Å². The zero-order valence-corrected chi connectivity index (χ0v) is 11.4. The van der Waals surface area contributed by atoms with E-state index in [0.29, 0.717) is 12.1 Å². The normalized spacial score (nSPS) is 10.4. The van der Waals surface area contributed by atoms with Crippen LogP contribution in [0.5, 0.6) is 0 Å². The molecule has 0 spiro atoms. The molecule has 0 unspecified atom stereocenters. The molecule has 0 radical (unpaired) electrons. The van der Waals surface area contributed by atoms with Gasteiger partial charge >= 0.3 is 0 Å². The van der Waals surface area contributed by atoms with Gasteiger partial charge in [0.2, 0.25) is 0 Å². The highest BCUT2D eigenvalue weighted by Crippen LogP contribution is 2.25. The molecule has 2 nitrogen and oxygen atoms in total. The third-order valence-electron chi connectivity index (χ3n) is 3.08. The standard InChI is InChI=1S/C16H15F2NO/c1-11(20)14-4-3-5-15(18)16(14)19(2)10-12-6-8-13(17)9-7-12/h3-9H,10H2,1-2H3. The Morgan fingerprint density at radius 1 is 1.10 bits per heavy atom. The summed E-state index contributed by atoms with van der Waals surface area (Å²) in [5.74, 6) is -0.945. The van der Waals surface area contributed by atoms with Crippen LogP contribution in [-0.4, -0.2) is 12.8 Å². The number of benzene rings is 2. The fraction of sp³-hybridized carbons (Fsp3) is 0.188. The van der Waals surface area contributed by atoms with Crippen molar-refractivity contribution in [2.75, 3.05) is 11.9 Å². The molecule has 0 fully saturated rings. The number of nitrogens with zero attached hydrogens (tertiary/aromatic N) is 1. The Labute approximate surface area is 116 Å². The van der Waals surface area contributed by atoms with Crippen molar-refractivity contribution in [2.45, 2.75) is 13.5 Å². The molecule has 0 aliphatic rings. The SMILES string of the molecule is CC(=O)c1cccc(F)c1N(C)Cc1ccc(F)cc1. The second kappa shape index (κ2) is 5.82. The highest BCUT2D eigenvalue weighted by atomic mass is 19.1. The van der Waals surface area contributed by atoms with Crippen LogP contribution >= 0.6 is 0 Å². The first-order chi connectivity index (χ1) is 9.49. The minimum atomic E-state index is -0.442. The zero-order chi connectivity index (χ0) is 14.7. The van der Waals surface area contributed by atoms with Gasteiger partial charge in [-0.1, -0.05) is 18.2 Å². The van der Waals surface area contributed by atoms with Crippen molar-refractivity contribution < 1.29 is 13.6 Å². The number of carbonyl (C=O) groups is 1. The van der Waals surface area contributed by atoms with Gasteiger partial charge in [0.15, 0.2) is 5.78 Å². The molecular formula is C16H15F2NO. The van der Waals surface area contributed by atoms with E-state index in [0.717, 1.165) is 5.56 Å². The number of para-hydroxylation sites is 1. The maximum absolute atomic E-state index is 14.0. The summed E-state index contributed by atoms with van der Waals surface area (Å²) in [5, 5.41) is 0. The van der Waals surface area contributed by atoms with Gasteiger partial charge in [-0.15, -0.1) is 0 Å². The van der Waals surface area contributed by atoms with Crippen LogP contribution in [0, 0.1) is 11.6 Å². The minimum absolute atomic E-state index is 0.189. The van der Waals surface area contributed by atoms with E-state index in [2.05, 4.69) is 0 Å². The van der Waals surface area contributed by atoms with E-state index in [4.69, 9.17) is 0 Å². The topological polar surface area (TPSA) is 20.3 Å². The molecule has 0 aliphatic heterocycles. The Balaban J connectivity index is 2.31. The van der Waals surface area contributed by atoms with E-state index in [1.54, 1.807) is 30.1 Å². The van der Waals surface area contributed by atoms with Gasteiger partial charge < -0.3 is 4.90 Å². The molecule has 104 valence electrons. The predicted octanol–water partition coefficient (Wildman–Crippen LogP) is 3.80. The molecule has 0 amide bonds. The van der Waals surface area contributed by atoms with Crippen LogP contribution in [0.2, 0.25) is 0 Å². The van der Waals surface area contributed by atoms with Crippen LogP contribution < -0.4 is 4.90 Å². The number of ketones is 1. The van der Waals surface area contributed by atoms with Gasteiger partial charge in [-0.3, -0.25) is 4.79 Å². The summed E-state index contributed by atoms with van der Waals surface area (Å²) < 4.78 is 26.8. The maximum Gasteiger partial charge on any atom is 0.161 e. The van der Waals surface area contributed by atoms with Crippen LogP contribution in [0.1, 0.15) is 22.8 Å². The number of halogens is 2. The van der Waals surface area contributed by atoms with Crippen LogP contribution in [0.25, 0.3) is 0 Å². The Bertz CT molecular complexity index is 623. The molecule has 0 saturated heterocycles. The summed E-state index contributed by atoms with van der Waals surface area (Å²) in [6.45, 7) is 1.80. The van der Waals surface area contributed by atoms with Crippen molar-refractivity contribution in [3.8, 4) is 0 Å². The molecule has 0 aliphatic carbocycles. The van der Waals surface area contributed by atoms with E-state index in [9.17, 15) is 13.6 Å². The Hall–Kier alpha value is -2.23. The second-order valence-electron chi connectivity index (χ2n) is 4.67. The minimum Gasteiger partial charge on any atom is -0.367 e. The van der Waals surface area contributed by atoms with E-state index in [-0.39, 0.29) is 17.3 Å². The Kier molecular flexibility index (Phi) is 4.13. The monoisotopic (exact) mass is 275 g/mol. The number of hydrogen-bond acceptors (Lipinski definition) is 2. The van der Waals surface area contributed by atoms with Crippen molar-refractivity contribution in [1.29, 1.82) is 0 Å². The molecule has 0 aromatic heterocycles. The number of anilines is 1. The third-order valence-corrected chi connectivity index (χ3v) is 3.08. The van der Waals surface area contributed by atoms with Gasteiger partial charge in [-0.25, -0.2) is 8.78 Å². The summed E-state index contributed by atoms with van der Waals surface area (Å²) in [5.41, 5.74) is 1.45. The largest absolute Gasteiger partial charge is 0.367 e. The predicted molar refractivity (Wildman–Crippen MR) is 74.9 cm³/mol. The van der Waals surface area contributed by atoms with Gasteiger partial charge in [0.1, 0.15) is 11.6 Å². The average Bonchev–Trinajstić information content (AvgIpc) is 2.40. The summed E-state index contributed by atoms with van der Waals surface area (Å²) in [6.07, 6.45) is 0. The van der Waals surface area contributed by atoms with E-state index < -0.39 is 5.82 Å². The molecule has 0 N–H and O–H groups in total. The lowest BCUT2D eigenvalue weighted by Crippen LogP contribution is -2.20. The summed E-state index contributed by atoms with van der Waals surface area (Å²) in [6, 6.07) is 10.4. The van der Waals surface area contributed by atoms with E-state index >= 15 is 0 Å². The van der Waals surface area contributed by atoms with E-state index in [1.807, 2.05) is 0 Å². The number of hydrogen-bond donors (Lipinski definition) is 0. The summed E-state index contributed by atoms with van der Waals surface area (Å²) >= 11 is 0. The molecule has 2 aromatic rings. The van der Waals surface area contributed by atoms with Gasteiger partial charge in [-0.2, -0.15) is 0 Å². The van der Waals surface area contributed by atoms with Gasteiger partial charge in [0, 0.05) is 19.2 Å². The maximum atomic E-state index is 14.0. The highest BCUT2D eigenvalue weighted by Gasteiger charge is 2.16. The first-order valence-electron chi connectivity index (χ1n) is 6.24. The number of Topliss-reactive ketones (excluding diaryl/α,β-unsaturated/α-hetero) is 1. The van der Waals surface area contributed by atoms with Crippen LogP contribution in [0.3, 0.4) is 0 Å². The number of rotatable bonds is 4. The molecule has 4 heteroatoms. The molecule has 0 heterocycles. The van der Waals surface area contributed by atoms with Crippen molar-refractivity contribution >= 4 is 11.5 Å². The van der Waals surface area contributed by atoms with Gasteiger partial charge in [-0.05, 0) is 36.8 Å². The quantitative estimate of drug-likeness (QED) is 0.791. The molecular weight excluding hydrogens is 260 g/mol. The number of carbonyl (C=O) groups excluding carboxylic acids is 1. The average molecular weight is 275 g/mol. The first kappa shape index (κ1) is 14.2. The Morgan fingerprint density at radius 3 is 2.35 bits per heavy atom. The van der Waals surface area contributed by atoms with Crippen LogP contribution in [0.15, 0.2) is 42.5 Å². The third kappa shape index (κ3) is 3.02. The van der Waals surface area contributed by atoms with Crippen molar-refractivity contribution in [1.82, 2.24) is 0 Å². The fourth-order valence-electron chi connectivity index (χ4n) is 2.13. The Morgan fingerprint density at radius 2 is 1.75 bits per heavy atom. The summed E-state index contributed by atoms with van der Waals surface area (Å²) in [7, 11) is 1.70. The summed E-state index contributed by atoms with van der Waals surface area (Å²) in [4.78, 5) is 13.2. The fourth-order valence-corrected chi connectivity index (χ4v) is 2.13. The molecule has 0 atom stereocenters. The molecule has 2 aromatic carbocycles. The van der Waals surface area contributed by atoms with Gasteiger partial charge in [0.05, 0.1) is 5.69 Å². The van der Waals surface area contributed by atoms with Crippen molar-refractivity contribution in [3.05, 3.63) is 65.2 Å². The van der Waals surface area contributed by atoms with Crippen molar-refractivity contribution in [3.63, 3.8) is 0 Å². The van der Waals surface area contributed by atoms with Crippen molar-refractivity contribution in [2.24, 2.45) is 0 Å². The van der Waals surface area contributed by atoms with Gasteiger partial charge in [0.25, 0.3) is 0 Å². The lowest BCUT2D eigenvalue weighted by molar-refractivity contribution is 0.101.